The fourth-order valence-electron chi connectivity index (χ4n) is 2.98. The van der Waals surface area contributed by atoms with E-state index in [1.54, 1.807) is 30.6 Å². The number of rotatable bonds is 6. The summed E-state index contributed by atoms with van der Waals surface area (Å²) in [7, 11) is 1.59. The van der Waals surface area contributed by atoms with Gasteiger partial charge in [-0.25, -0.2) is 14.8 Å². The fourth-order valence-corrected chi connectivity index (χ4v) is 5.81. The second-order valence-corrected chi connectivity index (χ2v) is 9.77. The van der Waals surface area contributed by atoms with Crippen molar-refractivity contribution in [2.75, 3.05) is 19.0 Å². The molecule has 0 bridgehead atoms. The molecule has 0 atom stereocenters. The Morgan fingerprint density at radius 2 is 1.78 bits per heavy atom. The molecule has 5 rings (SSSR count). The molecule has 0 aliphatic heterocycles. The number of aromatic nitrogens is 2. The van der Waals surface area contributed by atoms with Crippen LogP contribution in [0.3, 0.4) is 0 Å². The highest BCUT2D eigenvalue weighted by molar-refractivity contribution is 7.26. The number of nitrogens with zero attached hydrogens (tertiary/aromatic N) is 2. The number of benzene rings is 2. The van der Waals surface area contributed by atoms with Crippen LogP contribution in [-0.4, -0.2) is 35.6 Å². The summed E-state index contributed by atoms with van der Waals surface area (Å²) in [6.07, 6.45) is 0. The Balaban J connectivity index is 1.20. The zero-order valence-corrected chi connectivity index (χ0v) is 19.1. The number of fused-ring (bicyclic) bond motifs is 2. The lowest BCUT2D eigenvalue weighted by atomic mass is 10.3. The molecule has 0 aliphatic rings. The minimum Gasteiger partial charge on any atom is -0.497 e. The van der Waals surface area contributed by atoms with Gasteiger partial charge in [0.2, 0.25) is 0 Å². The molecular weight excluding hydrogens is 466 g/mol. The van der Waals surface area contributed by atoms with Crippen molar-refractivity contribution in [3.8, 4) is 15.6 Å². The number of thiophene rings is 1. The Hall–Kier alpha value is -3.34. The van der Waals surface area contributed by atoms with Crippen LogP contribution in [0.1, 0.15) is 9.67 Å². The first-order chi connectivity index (χ1) is 15.6. The summed E-state index contributed by atoms with van der Waals surface area (Å²) in [6.45, 7) is -0.396. The van der Waals surface area contributed by atoms with Gasteiger partial charge in [-0.3, -0.25) is 10.1 Å². The zero-order valence-electron chi connectivity index (χ0n) is 16.7. The second-order valence-electron chi connectivity index (χ2n) is 6.63. The van der Waals surface area contributed by atoms with Crippen LogP contribution in [0.15, 0.2) is 54.6 Å². The summed E-state index contributed by atoms with van der Waals surface area (Å²) in [4.78, 5) is 34.9. The smallest absolute Gasteiger partial charge is 0.348 e. The first-order valence-electron chi connectivity index (χ1n) is 9.46. The lowest BCUT2D eigenvalue weighted by Gasteiger charge is -2.03. The number of hydrogen-bond donors (Lipinski definition) is 1. The molecule has 5 aromatic rings. The summed E-state index contributed by atoms with van der Waals surface area (Å²) >= 11 is 4.18. The highest BCUT2D eigenvalue weighted by Gasteiger charge is 2.16. The average Bonchev–Trinajstić information content (AvgIpc) is 3.53. The zero-order chi connectivity index (χ0) is 22.1. The Bertz CT molecular complexity index is 1420. The standard InChI is InChI=1S/C22H15N3O4S3/c1-28-12-6-7-14-18(10-12)32-22(24-14)25-19(26)11-29-21(27)17-9-8-16(30-17)20-23-13-4-2-3-5-15(13)31-20/h2-10H,11H2,1H3,(H,24,25,26). The Morgan fingerprint density at radius 1 is 0.938 bits per heavy atom. The van der Waals surface area contributed by atoms with Crippen LogP contribution in [-0.2, 0) is 9.53 Å². The molecule has 2 aromatic carbocycles. The highest BCUT2D eigenvalue weighted by atomic mass is 32.1. The van der Waals surface area contributed by atoms with Crippen molar-refractivity contribution in [2.24, 2.45) is 0 Å². The molecule has 160 valence electrons. The molecule has 0 fully saturated rings. The number of amides is 1. The van der Waals surface area contributed by atoms with Crippen LogP contribution in [0.2, 0.25) is 0 Å². The van der Waals surface area contributed by atoms with Gasteiger partial charge >= 0.3 is 5.97 Å². The molecule has 1 amide bonds. The van der Waals surface area contributed by atoms with Gasteiger partial charge in [-0.05, 0) is 42.5 Å². The summed E-state index contributed by atoms with van der Waals surface area (Å²) in [5, 5.41) is 3.95. The van der Waals surface area contributed by atoms with Crippen molar-refractivity contribution in [2.45, 2.75) is 0 Å². The molecule has 3 aromatic heterocycles. The van der Waals surface area contributed by atoms with Gasteiger partial charge in [-0.1, -0.05) is 23.5 Å². The van der Waals surface area contributed by atoms with Gasteiger partial charge in [0.15, 0.2) is 11.7 Å². The van der Waals surface area contributed by atoms with Gasteiger partial charge in [-0.15, -0.1) is 22.7 Å². The van der Waals surface area contributed by atoms with Crippen LogP contribution >= 0.6 is 34.0 Å². The van der Waals surface area contributed by atoms with Gasteiger partial charge in [0.1, 0.15) is 15.6 Å². The molecule has 10 heteroatoms. The van der Waals surface area contributed by atoms with E-state index in [1.807, 2.05) is 42.5 Å². The molecule has 1 N–H and O–H groups in total. The molecular formula is C22H15N3O4S3. The predicted octanol–water partition coefficient (Wildman–Crippen LogP) is 5.44. The van der Waals surface area contributed by atoms with Gasteiger partial charge in [-0.2, -0.15) is 0 Å². The predicted molar refractivity (Wildman–Crippen MR) is 128 cm³/mol. The fraction of sp³-hybridized carbons (Fsp3) is 0.0909. The normalized spacial score (nSPS) is 11.0. The number of carbonyl (C=O) groups excluding carboxylic acids is 2. The number of ether oxygens (including phenoxy) is 2. The SMILES string of the molecule is COc1ccc2nc(NC(=O)COC(=O)c3ccc(-c4nc5ccccc5s4)s3)sc2c1. The minimum absolute atomic E-state index is 0.396. The summed E-state index contributed by atoms with van der Waals surface area (Å²) in [6, 6.07) is 16.9. The lowest BCUT2D eigenvalue weighted by Crippen LogP contribution is -2.20. The summed E-state index contributed by atoms with van der Waals surface area (Å²) < 4.78 is 12.4. The number of para-hydroxylation sites is 1. The first-order valence-corrected chi connectivity index (χ1v) is 11.9. The Kier molecular flexibility index (Phi) is 5.56. The van der Waals surface area contributed by atoms with Gasteiger partial charge in [0, 0.05) is 0 Å². The highest BCUT2D eigenvalue weighted by Crippen LogP contribution is 2.34. The number of nitrogens with one attached hydrogen (secondary N) is 1. The van der Waals surface area contributed by atoms with Crippen molar-refractivity contribution in [1.82, 2.24) is 9.97 Å². The van der Waals surface area contributed by atoms with Gasteiger partial charge in [0.25, 0.3) is 5.91 Å². The molecule has 0 saturated carbocycles. The maximum Gasteiger partial charge on any atom is 0.348 e. The van der Waals surface area contributed by atoms with E-state index in [2.05, 4.69) is 15.3 Å². The van der Waals surface area contributed by atoms with E-state index in [4.69, 9.17) is 9.47 Å². The van der Waals surface area contributed by atoms with Crippen LogP contribution in [0, 0.1) is 0 Å². The van der Waals surface area contributed by atoms with E-state index < -0.39 is 18.5 Å². The number of carbonyl (C=O) groups is 2. The summed E-state index contributed by atoms with van der Waals surface area (Å²) in [5.74, 6) is -0.284. The minimum atomic E-state index is -0.549. The molecule has 0 unspecified atom stereocenters. The van der Waals surface area contributed by atoms with E-state index in [0.29, 0.717) is 15.8 Å². The van der Waals surface area contributed by atoms with E-state index >= 15 is 0 Å². The molecule has 32 heavy (non-hydrogen) atoms. The third-order valence-electron chi connectivity index (χ3n) is 4.49. The first kappa shape index (κ1) is 20.6. The van der Waals surface area contributed by atoms with Crippen molar-refractivity contribution in [3.05, 3.63) is 59.5 Å². The van der Waals surface area contributed by atoms with Gasteiger partial charge < -0.3 is 9.47 Å². The van der Waals surface area contributed by atoms with E-state index in [9.17, 15) is 9.59 Å². The summed E-state index contributed by atoms with van der Waals surface area (Å²) in [5.41, 5.74) is 1.68. The molecule has 0 radical (unpaired) electrons. The number of methoxy groups -OCH3 is 1. The molecule has 0 aliphatic carbocycles. The Labute approximate surface area is 194 Å². The molecule has 3 heterocycles. The van der Waals surface area contributed by atoms with Crippen LogP contribution in [0.25, 0.3) is 30.3 Å². The Morgan fingerprint density at radius 3 is 2.62 bits per heavy atom. The molecule has 0 spiro atoms. The largest absolute Gasteiger partial charge is 0.497 e. The van der Waals surface area contributed by atoms with Crippen molar-refractivity contribution < 1.29 is 19.1 Å². The number of thiazole rings is 2. The monoisotopic (exact) mass is 481 g/mol. The number of anilines is 1. The van der Waals surface area contributed by atoms with Crippen LogP contribution in [0.5, 0.6) is 5.75 Å². The molecule has 7 nitrogen and oxygen atoms in total. The third kappa shape index (κ3) is 4.20. The van der Waals surface area contributed by atoms with Crippen LogP contribution in [0.4, 0.5) is 5.13 Å². The van der Waals surface area contributed by atoms with Crippen LogP contribution < -0.4 is 10.1 Å². The third-order valence-corrected chi connectivity index (χ3v) is 7.69. The second kappa shape index (κ2) is 8.65. The maximum absolute atomic E-state index is 12.4. The topological polar surface area (TPSA) is 90.4 Å². The average molecular weight is 482 g/mol. The lowest BCUT2D eigenvalue weighted by molar-refractivity contribution is -0.119. The van der Waals surface area contributed by atoms with E-state index in [0.717, 1.165) is 30.3 Å². The van der Waals surface area contributed by atoms with Crippen molar-refractivity contribution in [3.63, 3.8) is 0 Å². The van der Waals surface area contributed by atoms with E-state index in [-0.39, 0.29) is 0 Å². The maximum atomic E-state index is 12.4. The van der Waals surface area contributed by atoms with Crippen molar-refractivity contribution >= 4 is 71.5 Å². The van der Waals surface area contributed by atoms with Crippen molar-refractivity contribution in [1.29, 1.82) is 0 Å². The molecule has 0 saturated heterocycles. The number of hydrogen-bond acceptors (Lipinski definition) is 9. The quantitative estimate of drug-likeness (QED) is 0.325. The van der Waals surface area contributed by atoms with Gasteiger partial charge in [0.05, 0.1) is 32.4 Å². The number of esters is 1. The van der Waals surface area contributed by atoms with E-state index in [1.165, 1.54) is 22.7 Å².